The van der Waals surface area contributed by atoms with Crippen molar-refractivity contribution in [2.75, 3.05) is 0 Å². The number of rotatable bonds is 2. The third kappa shape index (κ3) is 2.34. The van der Waals surface area contributed by atoms with Gasteiger partial charge in [0.15, 0.2) is 0 Å². The van der Waals surface area contributed by atoms with Crippen LogP contribution in [0.15, 0.2) is 30.9 Å². The quantitative estimate of drug-likeness (QED) is 0.776. The van der Waals surface area contributed by atoms with E-state index in [2.05, 4.69) is 10.1 Å². The summed E-state index contributed by atoms with van der Waals surface area (Å²) in [6.45, 7) is 1.63. The summed E-state index contributed by atoms with van der Waals surface area (Å²) in [4.78, 5) is 3.70. The second-order valence-corrected chi connectivity index (χ2v) is 3.79. The summed E-state index contributed by atoms with van der Waals surface area (Å²) in [5.41, 5.74) is -0.872. The first-order valence-corrected chi connectivity index (χ1v) is 5.10. The molecule has 1 heterocycles. The summed E-state index contributed by atoms with van der Waals surface area (Å²) >= 11 is 0. The third-order valence-corrected chi connectivity index (χ3v) is 2.61. The van der Waals surface area contributed by atoms with Gasteiger partial charge < -0.3 is 0 Å². The first kappa shape index (κ1) is 12.5. The molecule has 0 bridgehead atoms. The fraction of sp³-hybridized carbons (Fsp3) is 0.273. The molecule has 3 nitrogen and oxygen atoms in total. The van der Waals surface area contributed by atoms with Crippen LogP contribution in [0.1, 0.15) is 24.1 Å². The van der Waals surface area contributed by atoms with Crippen molar-refractivity contribution in [2.45, 2.75) is 19.1 Å². The highest BCUT2D eigenvalue weighted by atomic mass is 19.4. The van der Waals surface area contributed by atoms with Gasteiger partial charge in [0.05, 0.1) is 11.6 Å². The molecule has 0 aliphatic rings. The van der Waals surface area contributed by atoms with Crippen molar-refractivity contribution in [2.24, 2.45) is 0 Å². The third-order valence-electron chi connectivity index (χ3n) is 2.61. The number of alkyl halides is 3. The Morgan fingerprint density at radius 1 is 1.28 bits per heavy atom. The molecule has 0 aliphatic heterocycles. The lowest BCUT2D eigenvalue weighted by atomic mass is 10.1. The van der Waals surface area contributed by atoms with E-state index >= 15 is 0 Å². The van der Waals surface area contributed by atoms with Crippen LogP contribution in [0.4, 0.5) is 17.6 Å². The summed E-state index contributed by atoms with van der Waals surface area (Å²) in [5.74, 6) is -0.909. The topological polar surface area (TPSA) is 30.7 Å². The van der Waals surface area contributed by atoms with Crippen LogP contribution in [0.2, 0.25) is 0 Å². The van der Waals surface area contributed by atoms with Crippen LogP contribution in [-0.4, -0.2) is 14.8 Å². The van der Waals surface area contributed by atoms with Crippen molar-refractivity contribution in [3.05, 3.63) is 47.8 Å². The average Bonchev–Trinajstić information content (AvgIpc) is 2.80. The van der Waals surface area contributed by atoms with E-state index in [1.807, 2.05) is 0 Å². The molecule has 0 spiro atoms. The van der Waals surface area contributed by atoms with Crippen molar-refractivity contribution >= 4 is 0 Å². The summed E-state index contributed by atoms with van der Waals surface area (Å²) in [6, 6.07) is 1.94. The smallest absolute Gasteiger partial charge is 0.246 e. The Morgan fingerprint density at radius 3 is 2.50 bits per heavy atom. The van der Waals surface area contributed by atoms with E-state index in [1.165, 1.54) is 17.3 Å². The maximum absolute atomic E-state index is 13.7. The highest BCUT2D eigenvalue weighted by Crippen LogP contribution is 2.31. The molecule has 0 saturated carbocycles. The van der Waals surface area contributed by atoms with Crippen molar-refractivity contribution in [3.63, 3.8) is 0 Å². The van der Waals surface area contributed by atoms with Gasteiger partial charge in [-0.05, 0) is 19.1 Å². The zero-order valence-corrected chi connectivity index (χ0v) is 9.32. The van der Waals surface area contributed by atoms with Crippen LogP contribution in [0, 0.1) is 5.82 Å². The molecule has 0 radical (unpaired) electrons. The predicted molar refractivity (Wildman–Crippen MR) is 55.2 cm³/mol. The number of hydrogen-bond acceptors (Lipinski definition) is 2. The summed E-state index contributed by atoms with van der Waals surface area (Å²) in [7, 11) is 0. The Labute approximate surface area is 100 Å². The number of benzene rings is 1. The summed E-state index contributed by atoms with van der Waals surface area (Å²) in [6.07, 6.45) is -1.89. The van der Waals surface area contributed by atoms with Gasteiger partial charge in [-0.25, -0.2) is 14.1 Å². The van der Waals surface area contributed by atoms with Gasteiger partial charge in [0, 0.05) is 5.56 Å². The Balaban J connectivity index is 2.36. The highest BCUT2D eigenvalue weighted by molar-refractivity contribution is 5.28. The average molecular weight is 259 g/mol. The molecular formula is C11H9F4N3. The molecule has 1 aromatic carbocycles. The first-order valence-electron chi connectivity index (χ1n) is 5.10. The molecule has 0 amide bonds. The Kier molecular flexibility index (Phi) is 3.06. The van der Waals surface area contributed by atoms with Gasteiger partial charge in [-0.15, -0.1) is 0 Å². The van der Waals surface area contributed by atoms with Gasteiger partial charge in [-0.2, -0.15) is 18.3 Å². The van der Waals surface area contributed by atoms with Crippen LogP contribution < -0.4 is 0 Å². The maximum Gasteiger partial charge on any atom is 0.416 e. The Bertz CT molecular complexity index is 534. The first-order chi connectivity index (χ1) is 8.39. The second-order valence-electron chi connectivity index (χ2n) is 3.79. The predicted octanol–water partition coefficient (Wildman–Crippen LogP) is 3.05. The zero-order chi connectivity index (χ0) is 13.3. The lowest BCUT2D eigenvalue weighted by Crippen LogP contribution is -2.11. The number of halogens is 4. The lowest BCUT2D eigenvalue weighted by molar-refractivity contribution is -0.137. The van der Waals surface area contributed by atoms with E-state index in [0.717, 1.165) is 12.1 Å². The van der Waals surface area contributed by atoms with Crippen molar-refractivity contribution < 1.29 is 17.6 Å². The molecule has 0 saturated heterocycles. The second kappa shape index (κ2) is 4.40. The summed E-state index contributed by atoms with van der Waals surface area (Å²) < 4.78 is 52.2. The minimum absolute atomic E-state index is 0.133. The van der Waals surface area contributed by atoms with E-state index in [1.54, 1.807) is 6.92 Å². The van der Waals surface area contributed by atoms with Crippen LogP contribution in [0.3, 0.4) is 0 Å². The van der Waals surface area contributed by atoms with Gasteiger partial charge in [-0.1, -0.05) is 6.07 Å². The van der Waals surface area contributed by atoms with E-state index in [9.17, 15) is 17.6 Å². The molecule has 2 aromatic rings. The van der Waals surface area contributed by atoms with Crippen LogP contribution >= 0.6 is 0 Å². The minimum atomic E-state index is -4.55. The highest BCUT2D eigenvalue weighted by Gasteiger charge is 2.31. The van der Waals surface area contributed by atoms with Crippen molar-refractivity contribution in [1.29, 1.82) is 0 Å². The van der Waals surface area contributed by atoms with Gasteiger partial charge in [0.2, 0.25) is 0 Å². The van der Waals surface area contributed by atoms with Gasteiger partial charge >= 0.3 is 6.18 Å². The van der Waals surface area contributed by atoms with Crippen molar-refractivity contribution in [1.82, 2.24) is 14.8 Å². The lowest BCUT2D eigenvalue weighted by Gasteiger charge is -2.14. The number of nitrogens with zero attached hydrogens (tertiary/aromatic N) is 3. The molecule has 18 heavy (non-hydrogen) atoms. The van der Waals surface area contributed by atoms with Crippen LogP contribution in [0.25, 0.3) is 0 Å². The van der Waals surface area contributed by atoms with Crippen LogP contribution in [0.5, 0.6) is 0 Å². The standard InChI is InChI=1S/C11H9F4N3/c1-7(18-6-16-5-17-18)9-3-2-8(4-10(9)12)11(13,14)15/h2-7H,1H3. The maximum atomic E-state index is 13.7. The number of aromatic nitrogens is 3. The van der Waals surface area contributed by atoms with Gasteiger partial charge in [0.1, 0.15) is 18.5 Å². The molecule has 96 valence electrons. The van der Waals surface area contributed by atoms with Crippen LogP contribution in [-0.2, 0) is 6.18 Å². The fourth-order valence-corrected chi connectivity index (χ4v) is 1.60. The molecule has 1 aromatic heterocycles. The van der Waals surface area contributed by atoms with E-state index < -0.39 is 23.6 Å². The van der Waals surface area contributed by atoms with Gasteiger partial charge in [0.25, 0.3) is 0 Å². The normalized spacial score (nSPS) is 13.6. The summed E-state index contributed by atoms with van der Waals surface area (Å²) in [5, 5.41) is 3.82. The Hall–Kier alpha value is -1.92. The van der Waals surface area contributed by atoms with Crippen molar-refractivity contribution in [3.8, 4) is 0 Å². The van der Waals surface area contributed by atoms with Gasteiger partial charge in [-0.3, -0.25) is 0 Å². The molecule has 0 fully saturated rings. The zero-order valence-electron chi connectivity index (χ0n) is 9.32. The molecule has 2 rings (SSSR count). The molecule has 1 unspecified atom stereocenters. The number of hydrogen-bond donors (Lipinski definition) is 0. The Morgan fingerprint density at radius 2 is 2.00 bits per heavy atom. The minimum Gasteiger partial charge on any atom is -0.246 e. The van der Waals surface area contributed by atoms with E-state index in [4.69, 9.17) is 0 Å². The molecular weight excluding hydrogens is 250 g/mol. The molecule has 1 atom stereocenters. The SMILES string of the molecule is CC(c1ccc(C(F)(F)F)cc1F)n1cncn1. The fourth-order valence-electron chi connectivity index (χ4n) is 1.60. The largest absolute Gasteiger partial charge is 0.416 e. The molecule has 0 aliphatic carbocycles. The molecule has 7 heteroatoms. The monoisotopic (exact) mass is 259 g/mol. The van der Waals surface area contributed by atoms with E-state index in [-0.39, 0.29) is 5.56 Å². The van der Waals surface area contributed by atoms with E-state index in [0.29, 0.717) is 6.07 Å². The molecule has 0 N–H and O–H groups in total.